The van der Waals surface area contributed by atoms with Crippen molar-refractivity contribution in [2.24, 2.45) is 0 Å². The Morgan fingerprint density at radius 2 is 1.56 bits per heavy atom. The summed E-state index contributed by atoms with van der Waals surface area (Å²) < 4.78 is 5.43. The minimum Gasteiger partial charge on any atom is -0.378 e. The highest BCUT2D eigenvalue weighted by Crippen LogP contribution is 2.36. The van der Waals surface area contributed by atoms with Crippen LogP contribution in [0.2, 0.25) is 0 Å². The number of carbonyl (C=O) groups is 2. The van der Waals surface area contributed by atoms with E-state index in [1.807, 2.05) is 35.2 Å². The standard InChI is InChI=1S/C20H24N2O3/c23-19-17(15-7-3-1-4-8-15)18(21-11-13-25-14-12-21)20(24)22(19)16-9-5-2-6-10-16/h1,3-4,7-8,16H,2,5-6,9-14H2. The van der Waals surface area contributed by atoms with Gasteiger partial charge in [0, 0.05) is 19.1 Å². The largest absolute Gasteiger partial charge is 0.378 e. The third-order valence-corrected chi connectivity index (χ3v) is 5.42. The van der Waals surface area contributed by atoms with Crippen molar-refractivity contribution in [3.8, 4) is 0 Å². The molecule has 0 N–H and O–H groups in total. The zero-order valence-corrected chi connectivity index (χ0v) is 14.4. The summed E-state index contributed by atoms with van der Waals surface area (Å²) in [5.41, 5.74) is 1.98. The van der Waals surface area contributed by atoms with Gasteiger partial charge in [0.1, 0.15) is 5.70 Å². The van der Waals surface area contributed by atoms with Gasteiger partial charge in [-0.1, -0.05) is 49.6 Å². The second-order valence-electron chi connectivity index (χ2n) is 6.96. The molecule has 4 rings (SSSR count). The average Bonchev–Trinajstić information content (AvgIpc) is 2.94. The second-order valence-corrected chi connectivity index (χ2v) is 6.96. The van der Waals surface area contributed by atoms with Gasteiger partial charge in [0.2, 0.25) is 0 Å². The normalized spacial score (nSPS) is 22.9. The van der Waals surface area contributed by atoms with E-state index in [0.29, 0.717) is 37.6 Å². The van der Waals surface area contributed by atoms with E-state index in [2.05, 4.69) is 0 Å². The molecular weight excluding hydrogens is 316 g/mol. The molecule has 2 heterocycles. The van der Waals surface area contributed by atoms with Crippen molar-refractivity contribution in [1.29, 1.82) is 0 Å². The third-order valence-electron chi connectivity index (χ3n) is 5.42. The molecule has 25 heavy (non-hydrogen) atoms. The maximum absolute atomic E-state index is 13.3. The van der Waals surface area contributed by atoms with Crippen LogP contribution in [0.5, 0.6) is 0 Å². The molecule has 0 spiro atoms. The average molecular weight is 340 g/mol. The predicted molar refractivity (Wildman–Crippen MR) is 94.5 cm³/mol. The molecule has 1 aromatic rings. The number of carbonyl (C=O) groups excluding carboxylic acids is 2. The minimum atomic E-state index is -0.121. The number of hydrogen-bond acceptors (Lipinski definition) is 4. The van der Waals surface area contributed by atoms with Crippen molar-refractivity contribution in [2.45, 2.75) is 38.1 Å². The van der Waals surface area contributed by atoms with Crippen molar-refractivity contribution in [3.05, 3.63) is 41.6 Å². The SMILES string of the molecule is O=C1C(c2ccccc2)=C(N2CCOCC2)C(=O)N1C1CCCCC1. The Kier molecular flexibility index (Phi) is 4.57. The number of amides is 2. The van der Waals surface area contributed by atoms with Gasteiger partial charge in [0.25, 0.3) is 11.8 Å². The fourth-order valence-corrected chi connectivity index (χ4v) is 4.15. The second kappa shape index (κ2) is 7.00. The smallest absolute Gasteiger partial charge is 0.278 e. The highest BCUT2D eigenvalue weighted by Gasteiger charge is 2.44. The van der Waals surface area contributed by atoms with Crippen LogP contribution in [0.15, 0.2) is 36.0 Å². The first kappa shape index (κ1) is 16.3. The molecule has 0 aromatic heterocycles. The molecule has 132 valence electrons. The van der Waals surface area contributed by atoms with Crippen molar-refractivity contribution < 1.29 is 14.3 Å². The van der Waals surface area contributed by atoms with Gasteiger partial charge in [-0.2, -0.15) is 0 Å². The van der Waals surface area contributed by atoms with Gasteiger partial charge in [-0.05, 0) is 18.4 Å². The van der Waals surface area contributed by atoms with Crippen LogP contribution in [0.25, 0.3) is 5.57 Å². The summed E-state index contributed by atoms with van der Waals surface area (Å²) in [6.07, 6.45) is 5.23. The monoisotopic (exact) mass is 340 g/mol. The first-order valence-electron chi connectivity index (χ1n) is 9.27. The minimum absolute atomic E-state index is 0.0472. The summed E-state index contributed by atoms with van der Waals surface area (Å²) in [6.45, 7) is 2.50. The van der Waals surface area contributed by atoms with E-state index >= 15 is 0 Å². The summed E-state index contributed by atoms with van der Waals surface area (Å²) >= 11 is 0. The molecule has 2 aliphatic heterocycles. The van der Waals surface area contributed by atoms with E-state index < -0.39 is 0 Å². The fraction of sp³-hybridized carbons (Fsp3) is 0.500. The quantitative estimate of drug-likeness (QED) is 0.793. The first-order valence-corrected chi connectivity index (χ1v) is 9.27. The van der Waals surface area contributed by atoms with Crippen LogP contribution in [-0.4, -0.2) is 54.0 Å². The lowest BCUT2D eigenvalue weighted by Gasteiger charge is -2.32. The molecule has 3 aliphatic rings. The summed E-state index contributed by atoms with van der Waals surface area (Å²) in [5, 5.41) is 0. The first-order chi connectivity index (χ1) is 12.3. The molecular formula is C20H24N2O3. The number of morpholine rings is 1. The van der Waals surface area contributed by atoms with Gasteiger partial charge in [-0.25, -0.2) is 0 Å². The molecule has 5 nitrogen and oxygen atoms in total. The van der Waals surface area contributed by atoms with Crippen molar-refractivity contribution in [1.82, 2.24) is 9.80 Å². The lowest BCUT2D eigenvalue weighted by molar-refractivity contribution is -0.141. The predicted octanol–water partition coefficient (Wildman–Crippen LogP) is 2.43. The molecule has 2 fully saturated rings. The maximum atomic E-state index is 13.3. The zero-order valence-electron chi connectivity index (χ0n) is 14.4. The summed E-state index contributed by atoms with van der Waals surface area (Å²) in [7, 11) is 0. The number of benzene rings is 1. The Morgan fingerprint density at radius 3 is 2.24 bits per heavy atom. The van der Waals surface area contributed by atoms with Crippen LogP contribution in [0.3, 0.4) is 0 Å². The molecule has 0 unspecified atom stereocenters. The Bertz CT molecular complexity index is 686. The van der Waals surface area contributed by atoms with Gasteiger partial charge in [0.15, 0.2) is 0 Å². The third kappa shape index (κ3) is 2.97. The van der Waals surface area contributed by atoms with Gasteiger partial charge in [-0.3, -0.25) is 14.5 Å². The molecule has 1 saturated carbocycles. The molecule has 0 bridgehead atoms. The molecule has 1 saturated heterocycles. The molecule has 0 atom stereocenters. The molecule has 1 aromatic carbocycles. The lowest BCUT2D eigenvalue weighted by Crippen LogP contribution is -2.45. The van der Waals surface area contributed by atoms with E-state index in [1.54, 1.807) is 4.90 Å². The van der Waals surface area contributed by atoms with Gasteiger partial charge >= 0.3 is 0 Å². The van der Waals surface area contributed by atoms with Crippen LogP contribution in [0, 0.1) is 0 Å². The van der Waals surface area contributed by atoms with Crippen LogP contribution in [-0.2, 0) is 14.3 Å². The van der Waals surface area contributed by atoms with Crippen LogP contribution < -0.4 is 0 Å². The summed E-state index contributed by atoms with van der Waals surface area (Å²) in [4.78, 5) is 30.1. The van der Waals surface area contributed by atoms with Crippen LogP contribution >= 0.6 is 0 Å². The highest BCUT2D eigenvalue weighted by atomic mass is 16.5. The number of nitrogens with zero attached hydrogens (tertiary/aromatic N) is 2. The van der Waals surface area contributed by atoms with Crippen molar-refractivity contribution in [3.63, 3.8) is 0 Å². The van der Waals surface area contributed by atoms with Gasteiger partial charge < -0.3 is 9.64 Å². The Morgan fingerprint density at radius 1 is 0.880 bits per heavy atom. The zero-order chi connectivity index (χ0) is 17.2. The Hall–Kier alpha value is -2.14. The van der Waals surface area contributed by atoms with Crippen molar-refractivity contribution in [2.75, 3.05) is 26.3 Å². The van der Waals surface area contributed by atoms with E-state index in [-0.39, 0.29) is 17.9 Å². The van der Waals surface area contributed by atoms with E-state index in [9.17, 15) is 9.59 Å². The van der Waals surface area contributed by atoms with Gasteiger partial charge in [-0.15, -0.1) is 0 Å². The number of imide groups is 1. The summed E-state index contributed by atoms with van der Waals surface area (Å²) in [6, 6.07) is 9.65. The molecule has 0 radical (unpaired) electrons. The van der Waals surface area contributed by atoms with Gasteiger partial charge in [0.05, 0.1) is 18.8 Å². The molecule has 2 amide bonds. The van der Waals surface area contributed by atoms with Crippen LogP contribution in [0.1, 0.15) is 37.7 Å². The Labute approximate surface area is 148 Å². The molecule has 1 aliphatic carbocycles. The summed E-state index contributed by atoms with van der Waals surface area (Å²) in [5.74, 6) is -0.234. The van der Waals surface area contributed by atoms with Crippen molar-refractivity contribution >= 4 is 17.4 Å². The van der Waals surface area contributed by atoms with E-state index in [4.69, 9.17) is 4.74 Å². The Balaban J connectivity index is 1.74. The van der Waals surface area contributed by atoms with E-state index in [0.717, 1.165) is 31.2 Å². The molecule has 5 heteroatoms. The highest BCUT2D eigenvalue weighted by molar-refractivity contribution is 6.35. The maximum Gasteiger partial charge on any atom is 0.278 e. The number of rotatable bonds is 3. The van der Waals surface area contributed by atoms with Crippen LogP contribution in [0.4, 0.5) is 0 Å². The number of hydrogen-bond donors (Lipinski definition) is 0. The fourth-order valence-electron chi connectivity index (χ4n) is 4.15. The van der Waals surface area contributed by atoms with E-state index in [1.165, 1.54) is 6.42 Å². The lowest BCUT2D eigenvalue weighted by atomic mass is 9.94. The topological polar surface area (TPSA) is 49.9 Å². The number of ether oxygens (including phenoxy) is 1.